The first-order chi connectivity index (χ1) is 16.6. The number of H-pyrrole nitrogens is 1. The number of carbonyl (C=O) groups is 1. The molecule has 9 nitrogen and oxygen atoms in total. The molecule has 0 fully saturated rings. The van der Waals surface area contributed by atoms with E-state index in [0.29, 0.717) is 24.2 Å². The lowest BCUT2D eigenvalue weighted by Gasteiger charge is -2.08. The molecule has 0 spiro atoms. The van der Waals surface area contributed by atoms with Crippen LogP contribution < -0.4 is 5.56 Å². The van der Waals surface area contributed by atoms with Crippen LogP contribution in [0.2, 0.25) is 0 Å². The Morgan fingerprint density at radius 1 is 1.03 bits per heavy atom. The van der Waals surface area contributed by atoms with E-state index in [2.05, 4.69) is 20.6 Å². The molecule has 0 aliphatic heterocycles. The predicted molar refractivity (Wildman–Crippen MR) is 126 cm³/mol. The number of rotatable bonds is 7. The van der Waals surface area contributed by atoms with Gasteiger partial charge in [-0.15, -0.1) is 10.2 Å². The minimum Gasteiger partial charge on any atom is -0.477 e. The van der Waals surface area contributed by atoms with Gasteiger partial charge in [-0.3, -0.25) is 9.31 Å². The van der Waals surface area contributed by atoms with E-state index in [-0.39, 0.29) is 11.3 Å². The number of aryl methyl sites for hydroxylation is 1. The molecule has 0 saturated carbocycles. The fourth-order valence-electron chi connectivity index (χ4n) is 4.33. The molecule has 34 heavy (non-hydrogen) atoms. The average Bonchev–Trinajstić information content (AvgIpc) is 3.48. The molecule has 0 aliphatic rings. The van der Waals surface area contributed by atoms with Crippen molar-refractivity contribution in [2.24, 2.45) is 0 Å². The van der Waals surface area contributed by atoms with Crippen molar-refractivity contribution in [1.82, 2.24) is 29.7 Å². The van der Waals surface area contributed by atoms with Gasteiger partial charge in [0.1, 0.15) is 0 Å². The number of tetrazole rings is 1. The van der Waals surface area contributed by atoms with Crippen LogP contribution in [0.4, 0.5) is 0 Å². The summed E-state index contributed by atoms with van der Waals surface area (Å²) in [5, 5.41) is 23.9. The second-order valence-electron chi connectivity index (χ2n) is 7.99. The van der Waals surface area contributed by atoms with Gasteiger partial charge in [0, 0.05) is 29.4 Å². The number of nitrogens with zero attached hydrogens (tertiary/aromatic N) is 5. The van der Waals surface area contributed by atoms with Gasteiger partial charge in [-0.2, -0.15) is 5.21 Å². The third-order valence-corrected chi connectivity index (χ3v) is 5.87. The Bertz CT molecular complexity index is 1530. The zero-order valence-corrected chi connectivity index (χ0v) is 18.5. The monoisotopic (exact) mass is 454 g/mol. The summed E-state index contributed by atoms with van der Waals surface area (Å²) in [4.78, 5) is 25.0. The molecule has 0 bridgehead atoms. The molecular weight excluding hydrogens is 432 g/mol. The third-order valence-electron chi connectivity index (χ3n) is 5.87. The molecule has 5 aromatic rings. The van der Waals surface area contributed by atoms with Gasteiger partial charge in [0.25, 0.3) is 5.56 Å². The van der Waals surface area contributed by atoms with Gasteiger partial charge >= 0.3 is 5.97 Å². The number of aromatic nitrogens is 6. The molecular formula is C25H22N6O3. The maximum atomic E-state index is 13.3. The van der Waals surface area contributed by atoms with E-state index in [4.69, 9.17) is 0 Å². The Morgan fingerprint density at radius 3 is 2.47 bits per heavy atom. The summed E-state index contributed by atoms with van der Waals surface area (Å²) < 4.78 is 2.92. The molecule has 0 saturated heterocycles. The second kappa shape index (κ2) is 8.78. The normalized spacial score (nSPS) is 11.2. The number of fused-ring (bicyclic) bond motifs is 1. The Hall–Kier alpha value is -4.53. The summed E-state index contributed by atoms with van der Waals surface area (Å²) in [6, 6.07) is 18.9. The van der Waals surface area contributed by atoms with E-state index in [1.807, 2.05) is 55.5 Å². The standard InChI is InChI=1S/C25H22N6O3/c1-2-6-21-20(24(32)31-22(25(33)34)9-5-14-30(21)31)15-16-10-12-17(13-11-16)18-7-3-4-8-19(18)23-26-28-29-27-23/h3-5,7-14H,2,6,15H2,1H3,(H,33,34)(H,26,27,28,29). The maximum absolute atomic E-state index is 13.3. The number of carboxylic acids is 1. The van der Waals surface area contributed by atoms with Crippen LogP contribution in [0.3, 0.4) is 0 Å². The van der Waals surface area contributed by atoms with Gasteiger partial charge < -0.3 is 5.11 Å². The fourth-order valence-corrected chi connectivity index (χ4v) is 4.33. The summed E-state index contributed by atoms with van der Waals surface area (Å²) in [5.41, 5.74) is 4.89. The van der Waals surface area contributed by atoms with Crippen molar-refractivity contribution >= 4 is 5.97 Å². The van der Waals surface area contributed by atoms with Crippen molar-refractivity contribution in [2.45, 2.75) is 26.2 Å². The zero-order chi connectivity index (χ0) is 23.7. The van der Waals surface area contributed by atoms with Crippen LogP contribution in [0, 0.1) is 0 Å². The van der Waals surface area contributed by atoms with Gasteiger partial charge in [-0.1, -0.05) is 61.9 Å². The van der Waals surface area contributed by atoms with Crippen molar-refractivity contribution in [1.29, 1.82) is 0 Å². The van der Waals surface area contributed by atoms with Crippen molar-refractivity contribution in [3.8, 4) is 22.5 Å². The van der Waals surface area contributed by atoms with Crippen LogP contribution in [0.1, 0.15) is 40.7 Å². The summed E-state index contributed by atoms with van der Waals surface area (Å²) in [6.45, 7) is 2.04. The Labute approximate surface area is 194 Å². The van der Waals surface area contributed by atoms with E-state index >= 15 is 0 Å². The van der Waals surface area contributed by atoms with Gasteiger partial charge in [0.2, 0.25) is 5.82 Å². The third kappa shape index (κ3) is 3.66. The molecule has 0 unspecified atom stereocenters. The molecule has 170 valence electrons. The SMILES string of the molecule is CCCc1c(Cc2ccc(-c3ccccc3-c3nn[nH]n3)cc2)c(=O)n2c(C(=O)O)cccn12. The highest BCUT2D eigenvalue weighted by Gasteiger charge is 2.20. The lowest BCUT2D eigenvalue weighted by molar-refractivity contribution is 0.0685. The molecule has 2 aromatic carbocycles. The minimum atomic E-state index is -1.13. The maximum Gasteiger partial charge on any atom is 0.354 e. The number of aromatic amines is 1. The van der Waals surface area contributed by atoms with Crippen LogP contribution in [-0.2, 0) is 12.8 Å². The predicted octanol–water partition coefficient (Wildman–Crippen LogP) is 3.49. The summed E-state index contributed by atoms with van der Waals surface area (Å²) in [7, 11) is 0. The summed E-state index contributed by atoms with van der Waals surface area (Å²) >= 11 is 0. The van der Waals surface area contributed by atoms with E-state index in [1.165, 1.54) is 10.6 Å². The van der Waals surface area contributed by atoms with Crippen molar-refractivity contribution < 1.29 is 9.90 Å². The topological polar surface area (TPSA) is 118 Å². The van der Waals surface area contributed by atoms with Crippen molar-refractivity contribution in [3.05, 3.63) is 99.7 Å². The van der Waals surface area contributed by atoms with Gasteiger partial charge in [0.05, 0.1) is 0 Å². The first-order valence-corrected chi connectivity index (χ1v) is 11.0. The average molecular weight is 454 g/mol. The lowest BCUT2D eigenvalue weighted by atomic mass is 9.96. The second-order valence-corrected chi connectivity index (χ2v) is 7.99. The highest BCUT2D eigenvalue weighted by Crippen LogP contribution is 2.30. The molecule has 0 radical (unpaired) electrons. The summed E-state index contributed by atoms with van der Waals surface area (Å²) in [5.74, 6) is -0.615. The number of hydrogen-bond donors (Lipinski definition) is 2. The highest BCUT2D eigenvalue weighted by atomic mass is 16.4. The first-order valence-electron chi connectivity index (χ1n) is 11.0. The number of aromatic carboxylic acids is 1. The van der Waals surface area contributed by atoms with Gasteiger partial charge in [0.15, 0.2) is 5.69 Å². The Balaban J connectivity index is 1.54. The molecule has 9 heteroatoms. The van der Waals surface area contributed by atoms with Gasteiger partial charge in [-0.05, 0) is 40.5 Å². The Morgan fingerprint density at radius 2 is 1.79 bits per heavy atom. The number of carboxylic acid groups (broad SMARTS) is 1. The highest BCUT2D eigenvalue weighted by molar-refractivity contribution is 5.85. The number of nitrogens with one attached hydrogen (secondary N) is 1. The van der Waals surface area contributed by atoms with Crippen LogP contribution >= 0.6 is 0 Å². The quantitative estimate of drug-likeness (QED) is 0.389. The van der Waals surface area contributed by atoms with E-state index in [1.54, 1.807) is 16.8 Å². The van der Waals surface area contributed by atoms with Crippen LogP contribution in [0.15, 0.2) is 71.7 Å². The lowest BCUT2D eigenvalue weighted by Crippen LogP contribution is -2.20. The molecule has 0 atom stereocenters. The molecule has 0 amide bonds. The van der Waals surface area contributed by atoms with E-state index < -0.39 is 5.97 Å². The summed E-state index contributed by atoms with van der Waals surface area (Å²) in [6.07, 6.45) is 3.65. The largest absolute Gasteiger partial charge is 0.477 e. The molecule has 2 N–H and O–H groups in total. The molecule has 0 aliphatic carbocycles. The zero-order valence-electron chi connectivity index (χ0n) is 18.5. The molecule has 3 heterocycles. The van der Waals surface area contributed by atoms with Crippen LogP contribution in [-0.4, -0.2) is 40.7 Å². The van der Waals surface area contributed by atoms with Crippen LogP contribution in [0.25, 0.3) is 22.5 Å². The molecule has 5 rings (SSSR count). The first kappa shape index (κ1) is 21.3. The van der Waals surface area contributed by atoms with Crippen LogP contribution in [0.5, 0.6) is 0 Å². The smallest absolute Gasteiger partial charge is 0.354 e. The number of hydrogen-bond acceptors (Lipinski definition) is 5. The fraction of sp³-hybridized carbons (Fsp3) is 0.160. The van der Waals surface area contributed by atoms with E-state index in [9.17, 15) is 14.7 Å². The van der Waals surface area contributed by atoms with Crippen molar-refractivity contribution in [3.63, 3.8) is 0 Å². The van der Waals surface area contributed by atoms with Gasteiger partial charge in [-0.25, -0.2) is 9.31 Å². The number of benzene rings is 2. The van der Waals surface area contributed by atoms with Crippen molar-refractivity contribution in [2.75, 3.05) is 0 Å². The Kier molecular flexibility index (Phi) is 5.51. The van der Waals surface area contributed by atoms with E-state index in [0.717, 1.165) is 34.4 Å². The molecule has 3 aromatic heterocycles. The minimum absolute atomic E-state index is 0.0514.